The highest BCUT2D eigenvalue weighted by Crippen LogP contribution is 2.29. The van der Waals surface area contributed by atoms with Gasteiger partial charge in [-0.3, -0.25) is 0 Å². The molecule has 1 aliphatic rings. The Balaban J connectivity index is 2.15. The van der Waals surface area contributed by atoms with Gasteiger partial charge in [0, 0.05) is 25.8 Å². The van der Waals surface area contributed by atoms with Crippen LogP contribution in [-0.2, 0) is 6.54 Å². The van der Waals surface area contributed by atoms with Crippen molar-refractivity contribution < 1.29 is 0 Å². The number of nitrogens with zero attached hydrogens (tertiary/aromatic N) is 2. The number of hydrogen-bond acceptors (Lipinski definition) is 3. The predicted octanol–water partition coefficient (Wildman–Crippen LogP) is 2.43. The van der Waals surface area contributed by atoms with Crippen LogP contribution in [0.2, 0.25) is 5.02 Å². The standard InChI is InChI=1S/C12H18ClN3/c1-2-9-3-4-16(8-9)12-11(13)5-10(6-14)7-15-12/h5,7,9H,2-4,6,8,14H2,1H3. The highest BCUT2D eigenvalue weighted by atomic mass is 35.5. The van der Waals surface area contributed by atoms with Crippen molar-refractivity contribution in [2.75, 3.05) is 18.0 Å². The number of nitrogens with two attached hydrogens (primary N) is 1. The van der Waals surface area contributed by atoms with Gasteiger partial charge in [-0.15, -0.1) is 0 Å². The highest BCUT2D eigenvalue weighted by Gasteiger charge is 2.23. The van der Waals surface area contributed by atoms with Gasteiger partial charge in [-0.25, -0.2) is 4.98 Å². The van der Waals surface area contributed by atoms with Crippen LogP contribution in [0.5, 0.6) is 0 Å². The summed E-state index contributed by atoms with van der Waals surface area (Å²) >= 11 is 6.22. The van der Waals surface area contributed by atoms with Crippen molar-refractivity contribution in [3.05, 3.63) is 22.8 Å². The summed E-state index contributed by atoms with van der Waals surface area (Å²) in [5.41, 5.74) is 6.54. The van der Waals surface area contributed by atoms with Crippen LogP contribution in [0.3, 0.4) is 0 Å². The van der Waals surface area contributed by atoms with Crippen molar-refractivity contribution in [1.29, 1.82) is 0 Å². The van der Waals surface area contributed by atoms with Crippen LogP contribution in [-0.4, -0.2) is 18.1 Å². The summed E-state index contributed by atoms with van der Waals surface area (Å²) < 4.78 is 0. The highest BCUT2D eigenvalue weighted by molar-refractivity contribution is 6.33. The molecule has 2 heterocycles. The summed E-state index contributed by atoms with van der Waals surface area (Å²) in [6.45, 7) is 4.86. The fourth-order valence-corrected chi connectivity index (χ4v) is 2.48. The molecule has 2 N–H and O–H groups in total. The second-order valence-electron chi connectivity index (χ2n) is 4.36. The molecule has 2 rings (SSSR count). The molecule has 0 aliphatic carbocycles. The van der Waals surface area contributed by atoms with Gasteiger partial charge in [-0.2, -0.15) is 0 Å². The third-order valence-electron chi connectivity index (χ3n) is 3.28. The van der Waals surface area contributed by atoms with Crippen molar-refractivity contribution >= 4 is 17.4 Å². The van der Waals surface area contributed by atoms with Crippen molar-refractivity contribution in [2.45, 2.75) is 26.3 Å². The minimum atomic E-state index is 0.491. The first-order valence-electron chi connectivity index (χ1n) is 5.84. The van der Waals surface area contributed by atoms with E-state index < -0.39 is 0 Å². The zero-order valence-electron chi connectivity index (χ0n) is 9.62. The summed E-state index contributed by atoms with van der Waals surface area (Å²) in [5, 5.41) is 0.722. The molecule has 3 nitrogen and oxygen atoms in total. The number of hydrogen-bond donors (Lipinski definition) is 1. The molecule has 0 saturated carbocycles. The third kappa shape index (κ3) is 2.30. The monoisotopic (exact) mass is 239 g/mol. The molecule has 1 saturated heterocycles. The van der Waals surface area contributed by atoms with Gasteiger partial charge >= 0.3 is 0 Å². The summed E-state index contributed by atoms with van der Waals surface area (Å²) in [4.78, 5) is 6.69. The molecule has 0 amide bonds. The second kappa shape index (κ2) is 5.02. The average Bonchev–Trinajstić information content (AvgIpc) is 2.77. The molecule has 0 spiro atoms. The van der Waals surface area contributed by atoms with Gasteiger partial charge in [0.2, 0.25) is 0 Å². The van der Waals surface area contributed by atoms with E-state index in [-0.39, 0.29) is 0 Å². The van der Waals surface area contributed by atoms with Gasteiger partial charge in [-0.05, 0) is 24.0 Å². The SMILES string of the molecule is CCC1CCN(c2ncc(CN)cc2Cl)C1. The van der Waals surface area contributed by atoms with E-state index >= 15 is 0 Å². The van der Waals surface area contributed by atoms with Crippen LogP contribution in [0, 0.1) is 5.92 Å². The Labute approximate surface area is 102 Å². The molecule has 1 fully saturated rings. The van der Waals surface area contributed by atoms with Gasteiger partial charge in [0.05, 0.1) is 5.02 Å². The smallest absolute Gasteiger partial charge is 0.147 e. The number of anilines is 1. The quantitative estimate of drug-likeness (QED) is 0.881. The average molecular weight is 240 g/mol. The van der Waals surface area contributed by atoms with E-state index in [1.807, 2.05) is 12.3 Å². The summed E-state index contributed by atoms with van der Waals surface area (Å²) in [7, 11) is 0. The maximum absolute atomic E-state index is 6.22. The zero-order valence-corrected chi connectivity index (χ0v) is 10.4. The van der Waals surface area contributed by atoms with Crippen molar-refractivity contribution in [3.63, 3.8) is 0 Å². The Morgan fingerprint density at radius 2 is 2.44 bits per heavy atom. The molecule has 0 bridgehead atoms. The Bertz CT molecular complexity index is 367. The van der Waals surface area contributed by atoms with Crippen LogP contribution < -0.4 is 10.6 Å². The lowest BCUT2D eigenvalue weighted by Crippen LogP contribution is -2.21. The molecule has 0 radical (unpaired) electrons. The first kappa shape index (κ1) is 11.7. The summed E-state index contributed by atoms with van der Waals surface area (Å²) in [6.07, 6.45) is 4.29. The lowest BCUT2D eigenvalue weighted by molar-refractivity contribution is 0.569. The third-order valence-corrected chi connectivity index (χ3v) is 3.55. The molecule has 16 heavy (non-hydrogen) atoms. The molecule has 1 aromatic rings. The van der Waals surface area contributed by atoms with Gasteiger partial charge in [0.25, 0.3) is 0 Å². The maximum atomic E-state index is 6.22. The fourth-order valence-electron chi connectivity index (χ4n) is 2.17. The minimum absolute atomic E-state index is 0.491. The van der Waals surface area contributed by atoms with E-state index in [2.05, 4.69) is 16.8 Å². The number of rotatable bonds is 3. The largest absolute Gasteiger partial charge is 0.355 e. The van der Waals surface area contributed by atoms with E-state index in [0.29, 0.717) is 6.54 Å². The second-order valence-corrected chi connectivity index (χ2v) is 4.77. The lowest BCUT2D eigenvalue weighted by atomic mass is 10.1. The zero-order chi connectivity index (χ0) is 11.5. The first-order valence-corrected chi connectivity index (χ1v) is 6.21. The fraction of sp³-hybridized carbons (Fsp3) is 0.583. The molecule has 1 aromatic heterocycles. The Kier molecular flexibility index (Phi) is 3.66. The predicted molar refractivity (Wildman–Crippen MR) is 67.7 cm³/mol. The van der Waals surface area contributed by atoms with E-state index in [1.54, 1.807) is 0 Å². The van der Waals surface area contributed by atoms with Gasteiger partial charge < -0.3 is 10.6 Å². The first-order chi connectivity index (χ1) is 7.74. The lowest BCUT2D eigenvalue weighted by Gasteiger charge is -2.18. The van der Waals surface area contributed by atoms with Crippen molar-refractivity contribution in [2.24, 2.45) is 11.7 Å². The Hall–Kier alpha value is -0.800. The number of aromatic nitrogens is 1. The molecule has 1 unspecified atom stereocenters. The molecule has 1 atom stereocenters. The number of halogens is 1. The normalized spacial score (nSPS) is 20.4. The maximum Gasteiger partial charge on any atom is 0.147 e. The van der Waals surface area contributed by atoms with Gasteiger partial charge in [0.1, 0.15) is 5.82 Å². The van der Waals surface area contributed by atoms with E-state index in [4.69, 9.17) is 17.3 Å². The van der Waals surface area contributed by atoms with E-state index in [0.717, 1.165) is 35.4 Å². The minimum Gasteiger partial charge on any atom is -0.355 e. The van der Waals surface area contributed by atoms with Crippen molar-refractivity contribution in [3.8, 4) is 0 Å². The Morgan fingerprint density at radius 3 is 3.00 bits per heavy atom. The van der Waals surface area contributed by atoms with Gasteiger partial charge in [0.15, 0.2) is 0 Å². The Morgan fingerprint density at radius 1 is 1.62 bits per heavy atom. The van der Waals surface area contributed by atoms with E-state index in [9.17, 15) is 0 Å². The van der Waals surface area contributed by atoms with Crippen LogP contribution in [0.25, 0.3) is 0 Å². The topological polar surface area (TPSA) is 42.2 Å². The van der Waals surface area contributed by atoms with Gasteiger partial charge in [-0.1, -0.05) is 24.9 Å². The van der Waals surface area contributed by atoms with Crippen LogP contribution in [0.4, 0.5) is 5.82 Å². The molecule has 4 heteroatoms. The molecule has 1 aliphatic heterocycles. The van der Waals surface area contributed by atoms with Crippen LogP contribution in [0.15, 0.2) is 12.3 Å². The molecule has 0 aromatic carbocycles. The van der Waals surface area contributed by atoms with E-state index in [1.165, 1.54) is 12.8 Å². The molecular weight excluding hydrogens is 222 g/mol. The molecule has 88 valence electrons. The van der Waals surface area contributed by atoms with Crippen LogP contribution >= 0.6 is 11.6 Å². The van der Waals surface area contributed by atoms with Crippen molar-refractivity contribution in [1.82, 2.24) is 4.98 Å². The van der Waals surface area contributed by atoms with Crippen LogP contribution in [0.1, 0.15) is 25.3 Å². The summed E-state index contributed by atoms with van der Waals surface area (Å²) in [5.74, 6) is 1.70. The number of pyridine rings is 1. The summed E-state index contributed by atoms with van der Waals surface area (Å²) in [6, 6.07) is 1.92. The molecular formula is C12H18ClN3.